The number of hydrogen-bond acceptors (Lipinski definition) is 6. The number of pyridine rings is 1. The molecule has 0 saturated carbocycles. The summed E-state index contributed by atoms with van der Waals surface area (Å²) in [6, 6.07) is 5.60. The van der Waals surface area contributed by atoms with Crippen LogP contribution < -0.4 is 5.32 Å². The van der Waals surface area contributed by atoms with Crippen molar-refractivity contribution >= 4 is 12.2 Å². The van der Waals surface area contributed by atoms with Gasteiger partial charge in [-0.2, -0.15) is 0 Å². The zero-order valence-corrected chi connectivity index (χ0v) is 27.8. The van der Waals surface area contributed by atoms with Gasteiger partial charge in [-0.3, -0.25) is 4.98 Å². The van der Waals surface area contributed by atoms with E-state index >= 15 is 0 Å². The number of nitrogens with one attached hydrogen (secondary N) is 1. The van der Waals surface area contributed by atoms with E-state index in [0.29, 0.717) is 19.5 Å². The quantitative estimate of drug-likeness (QED) is 0.126. The van der Waals surface area contributed by atoms with Crippen LogP contribution in [-0.2, 0) is 20.8 Å². The maximum Gasteiger partial charge on any atom is 0.409 e. The fourth-order valence-electron chi connectivity index (χ4n) is 5.69. The zero-order valence-electron chi connectivity index (χ0n) is 27.8. The fourth-order valence-corrected chi connectivity index (χ4v) is 5.69. The first-order valence-electron chi connectivity index (χ1n) is 17.1. The van der Waals surface area contributed by atoms with E-state index < -0.39 is 23.4 Å². The van der Waals surface area contributed by atoms with Gasteiger partial charge in [-0.1, -0.05) is 109 Å². The molecule has 2 heterocycles. The Morgan fingerprint density at radius 1 is 0.814 bits per heavy atom. The molecule has 1 aromatic rings. The molecule has 2 atom stereocenters. The molecule has 246 valence electrons. The number of carbonyl (C=O) groups excluding carboxylic acids is 2. The molecule has 1 fully saturated rings. The van der Waals surface area contributed by atoms with Crippen LogP contribution in [-0.4, -0.2) is 60.1 Å². The van der Waals surface area contributed by atoms with Crippen LogP contribution in [0.1, 0.15) is 142 Å². The molecule has 1 aliphatic rings. The van der Waals surface area contributed by atoms with Crippen molar-refractivity contribution in [3.8, 4) is 0 Å². The highest BCUT2D eigenvalue weighted by atomic mass is 16.6. The smallest absolute Gasteiger partial charge is 0.409 e. The molecule has 1 aromatic heterocycles. The molecule has 0 bridgehead atoms. The van der Waals surface area contributed by atoms with Crippen molar-refractivity contribution in [2.24, 2.45) is 0 Å². The lowest BCUT2D eigenvalue weighted by Crippen LogP contribution is -2.41. The number of carbonyl (C=O) groups is 2. The van der Waals surface area contributed by atoms with Crippen LogP contribution in [0.15, 0.2) is 24.4 Å². The van der Waals surface area contributed by atoms with Gasteiger partial charge in [-0.15, -0.1) is 0 Å². The number of hydrogen-bond donors (Lipinski definition) is 1. The molecule has 1 aliphatic heterocycles. The molecule has 43 heavy (non-hydrogen) atoms. The Labute approximate surface area is 262 Å². The summed E-state index contributed by atoms with van der Waals surface area (Å²) >= 11 is 0. The van der Waals surface area contributed by atoms with E-state index in [2.05, 4.69) is 17.2 Å². The van der Waals surface area contributed by atoms with E-state index in [9.17, 15) is 9.59 Å². The van der Waals surface area contributed by atoms with Gasteiger partial charge in [0.15, 0.2) is 0 Å². The molecule has 0 radical (unpaired) electrons. The number of ether oxygens (including phenoxy) is 3. The Morgan fingerprint density at radius 3 is 1.84 bits per heavy atom. The summed E-state index contributed by atoms with van der Waals surface area (Å²) < 4.78 is 17.3. The third kappa shape index (κ3) is 16.9. The number of nitrogens with zero attached hydrogens (tertiary/aromatic N) is 2. The van der Waals surface area contributed by atoms with Gasteiger partial charge < -0.3 is 24.4 Å². The molecule has 1 saturated heterocycles. The monoisotopic (exact) mass is 603 g/mol. The van der Waals surface area contributed by atoms with E-state index in [-0.39, 0.29) is 13.2 Å². The molecular weight excluding hydrogens is 542 g/mol. The summed E-state index contributed by atoms with van der Waals surface area (Å²) in [4.78, 5) is 30.4. The number of aromatic nitrogens is 1. The average molecular weight is 604 g/mol. The minimum absolute atomic E-state index is 0.138. The van der Waals surface area contributed by atoms with Gasteiger partial charge in [0.25, 0.3) is 0 Å². The molecule has 2 amide bonds. The number of unbranched alkanes of at least 4 members (excludes halogenated alkanes) is 15. The summed E-state index contributed by atoms with van der Waals surface area (Å²) in [5, 5.41) is 2.87. The Balaban J connectivity index is 1.43. The summed E-state index contributed by atoms with van der Waals surface area (Å²) in [6.45, 7) is 7.46. The second-order valence-corrected chi connectivity index (χ2v) is 13.0. The van der Waals surface area contributed by atoms with E-state index in [0.717, 1.165) is 25.0 Å². The predicted octanol–water partition coefficient (Wildman–Crippen LogP) is 8.97. The van der Waals surface area contributed by atoms with E-state index in [1.165, 1.54) is 94.8 Å². The first-order valence-corrected chi connectivity index (χ1v) is 17.1. The fraction of sp³-hybridized carbons (Fsp3) is 0.800. The van der Waals surface area contributed by atoms with Gasteiger partial charge in [0, 0.05) is 19.8 Å². The minimum atomic E-state index is -0.621. The Bertz CT molecular complexity index is 885. The third-order valence-corrected chi connectivity index (χ3v) is 8.42. The molecule has 8 heteroatoms. The second-order valence-electron chi connectivity index (χ2n) is 13.0. The Hall–Kier alpha value is -2.35. The van der Waals surface area contributed by atoms with Crippen molar-refractivity contribution in [2.45, 2.75) is 154 Å². The lowest BCUT2D eigenvalue weighted by atomic mass is 9.99. The van der Waals surface area contributed by atoms with Crippen molar-refractivity contribution < 1.29 is 23.8 Å². The number of amides is 2. The first-order chi connectivity index (χ1) is 20.8. The third-order valence-electron chi connectivity index (χ3n) is 8.42. The number of rotatable bonds is 23. The summed E-state index contributed by atoms with van der Waals surface area (Å²) in [6.07, 6.45) is 23.6. The standard InChI is InChI=1S/C35H61N3O5/c1-5-6-7-8-9-10-11-12-13-14-15-16-17-18-19-21-27-37-32(39)41-29-34(2)24-25-35(3,43-34)30-42-33(40)38(4)28-31-23-20-22-26-36-31/h20,22-23,26H,5-19,21,24-25,27-30H2,1-4H3,(H,37,39)/t34-,35+/m0/s1. The lowest BCUT2D eigenvalue weighted by molar-refractivity contribution is -0.127. The van der Waals surface area contributed by atoms with Gasteiger partial charge in [0.05, 0.1) is 12.2 Å². The molecule has 1 N–H and O–H groups in total. The van der Waals surface area contributed by atoms with Crippen LogP contribution in [0.2, 0.25) is 0 Å². The SMILES string of the molecule is CCCCCCCCCCCCCCCCCCNC(=O)OC[C@]1(C)CC[C@](C)(COC(=O)N(C)Cc2ccccn2)O1. The average Bonchev–Trinajstić information content (AvgIpc) is 3.31. The molecule has 0 aromatic carbocycles. The van der Waals surface area contributed by atoms with Crippen molar-refractivity contribution in [1.29, 1.82) is 0 Å². The van der Waals surface area contributed by atoms with Crippen molar-refractivity contribution in [1.82, 2.24) is 15.2 Å². The Kier molecular flexibility index (Phi) is 18.3. The molecular formula is C35H61N3O5. The van der Waals surface area contributed by atoms with Gasteiger partial charge in [0.2, 0.25) is 0 Å². The van der Waals surface area contributed by atoms with Crippen LogP contribution in [0, 0.1) is 0 Å². The molecule has 0 aliphatic carbocycles. The van der Waals surface area contributed by atoms with E-state index in [4.69, 9.17) is 14.2 Å². The van der Waals surface area contributed by atoms with Crippen LogP contribution in [0.25, 0.3) is 0 Å². The molecule has 8 nitrogen and oxygen atoms in total. The highest BCUT2D eigenvalue weighted by molar-refractivity contribution is 5.67. The molecule has 2 rings (SSSR count). The van der Waals surface area contributed by atoms with Gasteiger partial charge >= 0.3 is 12.2 Å². The maximum absolute atomic E-state index is 12.5. The topological polar surface area (TPSA) is 90.0 Å². The largest absolute Gasteiger partial charge is 0.447 e. The summed E-state index contributed by atoms with van der Waals surface area (Å²) in [7, 11) is 1.69. The van der Waals surface area contributed by atoms with Gasteiger partial charge in [0.1, 0.15) is 24.4 Å². The van der Waals surface area contributed by atoms with Crippen LogP contribution in [0.3, 0.4) is 0 Å². The van der Waals surface area contributed by atoms with Crippen LogP contribution >= 0.6 is 0 Å². The van der Waals surface area contributed by atoms with Gasteiger partial charge in [-0.05, 0) is 45.2 Å². The van der Waals surface area contributed by atoms with E-state index in [1.807, 2.05) is 32.0 Å². The summed E-state index contributed by atoms with van der Waals surface area (Å²) in [5.41, 5.74) is -0.431. The van der Waals surface area contributed by atoms with E-state index in [1.54, 1.807) is 13.2 Å². The maximum atomic E-state index is 12.5. The zero-order chi connectivity index (χ0) is 31.2. The van der Waals surface area contributed by atoms with Crippen LogP contribution in [0.4, 0.5) is 9.59 Å². The van der Waals surface area contributed by atoms with Gasteiger partial charge in [-0.25, -0.2) is 9.59 Å². The minimum Gasteiger partial charge on any atom is -0.447 e. The lowest BCUT2D eigenvalue weighted by Gasteiger charge is -2.30. The highest BCUT2D eigenvalue weighted by Crippen LogP contribution is 2.38. The van der Waals surface area contributed by atoms with Crippen molar-refractivity contribution in [2.75, 3.05) is 26.8 Å². The van der Waals surface area contributed by atoms with Crippen molar-refractivity contribution in [3.63, 3.8) is 0 Å². The first kappa shape index (κ1) is 36.8. The molecule has 0 spiro atoms. The number of alkyl carbamates (subject to hydrolysis) is 1. The normalized spacial score (nSPS) is 19.7. The summed E-state index contributed by atoms with van der Waals surface area (Å²) in [5.74, 6) is 0. The second kappa shape index (κ2) is 21.4. The van der Waals surface area contributed by atoms with Crippen LogP contribution in [0.5, 0.6) is 0 Å². The Morgan fingerprint density at radius 2 is 1.33 bits per heavy atom. The van der Waals surface area contributed by atoms with Crippen molar-refractivity contribution in [3.05, 3.63) is 30.1 Å². The molecule has 0 unspecified atom stereocenters. The highest BCUT2D eigenvalue weighted by Gasteiger charge is 2.45. The predicted molar refractivity (Wildman–Crippen MR) is 173 cm³/mol.